The lowest BCUT2D eigenvalue weighted by atomic mass is 10.2. The summed E-state index contributed by atoms with van der Waals surface area (Å²) in [5.41, 5.74) is 0. The highest BCUT2D eigenvalue weighted by Crippen LogP contribution is 2.21. The summed E-state index contributed by atoms with van der Waals surface area (Å²) in [4.78, 5) is 12.6. The maximum atomic E-state index is 11.5. The van der Waals surface area contributed by atoms with Gasteiger partial charge in [-0.2, -0.15) is 0 Å². The van der Waals surface area contributed by atoms with Crippen molar-refractivity contribution in [3.63, 3.8) is 0 Å². The van der Waals surface area contributed by atoms with Gasteiger partial charge in [0.25, 0.3) is 0 Å². The number of carbonyl (C=O) groups excluding carboxylic acids is 1. The van der Waals surface area contributed by atoms with Crippen LogP contribution in [-0.2, 0) is 11.2 Å². The lowest BCUT2D eigenvalue weighted by molar-refractivity contribution is -0.117. The quantitative estimate of drug-likeness (QED) is 0.835. The molecule has 0 amide bonds. The Morgan fingerprint density at radius 1 is 1.60 bits per heavy atom. The van der Waals surface area contributed by atoms with Crippen molar-refractivity contribution in [2.24, 2.45) is 0 Å². The van der Waals surface area contributed by atoms with Gasteiger partial charge in [0.05, 0.1) is 10.9 Å². The first kappa shape index (κ1) is 12.7. The van der Waals surface area contributed by atoms with Crippen LogP contribution in [0.3, 0.4) is 0 Å². The van der Waals surface area contributed by atoms with Crippen molar-refractivity contribution in [3.05, 3.63) is 21.3 Å². The van der Waals surface area contributed by atoms with E-state index in [1.807, 2.05) is 12.1 Å². The summed E-state index contributed by atoms with van der Waals surface area (Å²) in [5, 5.41) is 3.18. The Labute approximate surface area is 99.6 Å². The zero-order chi connectivity index (χ0) is 11.3. The Hall–Kier alpha value is -0.380. The second kappa shape index (κ2) is 6.26. The van der Waals surface area contributed by atoms with Gasteiger partial charge in [0.1, 0.15) is 0 Å². The second-order valence-electron chi connectivity index (χ2n) is 3.61. The molecule has 1 heterocycles. The molecule has 0 aromatic carbocycles. The molecule has 1 aromatic rings. The van der Waals surface area contributed by atoms with Crippen LogP contribution in [0.1, 0.15) is 25.1 Å². The lowest BCUT2D eigenvalue weighted by Crippen LogP contribution is -2.31. The lowest BCUT2D eigenvalue weighted by Gasteiger charge is -2.09. The van der Waals surface area contributed by atoms with Gasteiger partial charge in [-0.15, -0.1) is 11.3 Å². The molecular formula is C11H16ClNOS. The number of thiophene rings is 1. The number of nitrogens with one attached hydrogen (secondary N) is 1. The molecule has 1 N–H and O–H groups in total. The van der Waals surface area contributed by atoms with E-state index in [2.05, 4.69) is 19.2 Å². The minimum atomic E-state index is 0.216. The number of Topliss-reactive ketones (excluding diaryl/α,β-unsaturated/α-hetero) is 1. The van der Waals surface area contributed by atoms with Gasteiger partial charge in [-0.3, -0.25) is 4.79 Å². The molecule has 84 valence electrons. The van der Waals surface area contributed by atoms with Gasteiger partial charge in [0, 0.05) is 17.3 Å². The van der Waals surface area contributed by atoms with Crippen molar-refractivity contribution in [2.75, 3.05) is 6.54 Å². The van der Waals surface area contributed by atoms with Crippen LogP contribution in [0, 0.1) is 0 Å². The highest BCUT2D eigenvalue weighted by Gasteiger charge is 2.07. The van der Waals surface area contributed by atoms with Gasteiger partial charge in [0.15, 0.2) is 5.78 Å². The van der Waals surface area contributed by atoms with Crippen LogP contribution >= 0.6 is 22.9 Å². The van der Waals surface area contributed by atoms with Crippen molar-refractivity contribution >= 4 is 28.7 Å². The van der Waals surface area contributed by atoms with Crippen LogP contribution in [0.25, 0.3) is 0 Å². The van der Waals surface area contributed by atoms with Crippen LogP contribution in [0.5, 0.6) is 0 Å². The average Bonchev–Trinajstić information content (AvgIpc) is 2.60. The normalized spacial score (nSPS) is 12.7. The van der Waals surface area contributed by atoms with E-state index in [1.54, 1.807) is 0 Å². The maximum Gasteiger partial charge on any atom is 0.151 e. The minimum Gasteiger partial charge on any atom is -0.307 e. The first-order valence-electron chi connectivity index (χ1n) is 5.11. The summed E-state index contributed by atoms with van der Waals surface area (Å²) in [6.07, 6.45) is 1.53. The molecule has 15 heavy (non-hydrogen) atoms. The molecule has 1 rings (SSSR count). The summed E-state index contributed by atoms with van der Waals surface area (Å²) in [6.45, 7) is 4.63. The SMILES string of the molecule is CCC(C)NCC(=O)Cc1ccc(Cl)s1. The first-order chi connectivity index (χ1) is 7.11. The molecule has 0 fully saturated rings. The Morgan fingerprint density at radius 3 is 2.87 bits per heavy atom. The third-order valence-electron chi connectivity index (χ3n) is 2.26. The van der Waals surface area contributed by atoms with Crippen LogP contribution in [0.4, 0.5) is 0 Å². The summed E-state index contributed by atoms with van der Waals surface area (Å²) < 4.78 is 0.743. The van der Waals surface area contributed by atoms with Gasteiger partial charge >= 0.3 is 0 Å². The van der Waals surface area contributed by atoms with Gasteiger partial charge in [-0.1, -0.05) is 18.5 Å². The van der Waals surface area contributed by atoms with Gasteiger partial charge in [-0.05, 0) is 25.5 Å². The molecule has 1 unspecified atom stereocenters. The van der Waals surface area contributed by atoms with E-state index >= 15 is 0 Å². The van der Waals surface area contributed by atoms with Gasteiger partial charge < -0.3 is 5.32 Å². The third-order valence-corrected chi connectivity index (χ3v) is 3.49. The molecular weight excluding hydrogens is 230 g/mol. The number of hydrogen-bond acceptors (Lipinski definition) is 3. The molecule has 0 aliphatic carbocycles. The fourth-order valence-electron chi connectivity index (χ4n) is 1.14. The van der Waals surface area contributed by atoms with E-state index in [4.69, 9.17) is 11.6 Å². The Bertz CT molecular complexity index is 324. The maximum absolute atomic E-state index is 11.5. The summed E-state index contributed by atoms with van der Waals surface area (Å²) in [5.74, 6) is 0.216. The molecule has 0 radical (unpaired) electrons. The predicted molar refractivity (Wildman–Crippen MR) is 65.8 cm³/mol. The van der Waals surface area contributed by atoms with Crippen molar-refractivity contribution in [1.29, 1.82) is 0 Å². The van der Waals surface area contributed by atoms with Crippen LogP contribution in [0.2, 0.25) is 4.34 Å². The zero-order valence-electron chi connectivity index (χ0n) is 9.05. The molecule has 2 nitrogen and oxygen atoms in total. The predicted octanol–water partition coefficient (Wildman–Crippen LogP) is 2.90. The molecule has 0 bridgehead atoms. The van der Waals surface area contributed by atoms with Gasteiger partial charge in [-0.25, -0.2) is 0 Å². The minimum absolute atomic E-state index is 0.216. The van der Waals surface area contributed by atoms with Crippen molar-refractivity contribution < 1.29 is 4.79 Å². The highest BCUT2D eigenvalue weighted by molar-refractivity contribution is 7.16. The molecule has 4 heteroatoms. The average molecular weight is 246 g/mol. The molecule has 0 saturated carbocycles. The monoisotopic (exact) mass is 245 g/mol. The standard InChI is InChI=1S/C11H16ClNOS/c1-3-8(2)13-7-9(14)6-10-4-5-11(12)15-10/h4-5,8,13H,3,6-7H2,1-2H3. The molecule has 0 aliphatic heterocycles. The number of carbonyl (C=O) groups is 1. The van der Waals surface area contributed by atoms with Crippen molar-refractivity contribution in [3.8, 4) is 0 Å². The topological polar surface area (TPSA) is 29.1 Å². The van der Waals surface area contributed by atoms with E-state index < -0.39 is 0 Å². The number of halogens is 1. The number of ketones is 1. The fraction of sp³-hybridized carbons (Fsp3) is 0.545. The van der Waals surface area contributed by atoms with Crippen molar-refractivity contribution in [1.82, 2.24) is 5.32 Å². The van der Waals surface area contributed by atoms with Crippen LogP contribution < -0.4 is 5.32 Å². The second-order valence-corrected chi connectivity index (χ2v) is 5.41. The summed E-state index contributed by atoms with van der Waals surface area (Å²) in [6, 6.07) is 4.14. The molecule has 1 atom stereocenters. The smallest absolute Gasteiger partial charge is 0.151 e. The van der Waals surface area contributed by atoms with Crippen LogP contribution in [0.15, 0.2) is 12.1 Å². The third kappa shape index (κ3) is 4.78. The molecule has 1 aromatic heterocycles. The number of hydrogen-bond donors (Lipinski definition) is 1. The number of rotatable bonds is 6. The van der Waals surface area contributed by atoms with E-state index in [9.17, 15) is 4.79 Å². The van der Waals surface area contributed by atoms with Gasteiger partial charge in [0.2, 0.25) is 0 Å². The Kier molecular flexibility index (Phi) is 5.29. The molecule has 0 aliphatic rings. The molecule has 0 saturated heterocycles. The summed E-state index contributed by atoms with van der Waals surface area (Å²) in [7, 11) is 0. The van der Waals surface area contributed by atoms with E-state index in [-0.39, 0.29) is 5.78 Å². The van der Waals surface area contributed by atoms with Crippen LogP contribution in [-0.4, -0.2) is 18.4 Å². The van der Waals surface area contributed by atoms with E-state index in [0.29, 0.717) is 19.0 Å². The van der Waals surface area contributed by atoms with E-state index in [1.165, 1.54) is 11.3 Å². The van der Waals surface area contributed by atoms with E-state index in [0.717, 1.165) is 15.6 Å². The fourth-order valence-corrected chi connectivity index (χ4v) is 2.25. The Morgan fingerprint density at radius 2 is 2.33 bits per heavy atom. The summed E-state index contributed by atoms with van der Waals surface area (Å²) >= 11 is 7.26. The highest BCUT2D eigenvalue weighted by atomic mass is 35.5. The van der Waals surface area contributed by atoms with Crippen molar-refractivity contribution in [2.45, 2.75) is 32.7 Å². The molecule has 0 spiro atoms. The largest absolute Gasteiger partial charge is 0.307 e. The zero-order valence-corrected chi connectivity index (χ0v) is 10.6. The first-order valence-corrected chi connectivity index (χ1v) is 6.30. The Balaban J connectivity index is 2.30.